The normalized spacial score (nSPS) is 14.7. The molecule has 0 radical (unpaired) electrons. The van der Waals surface area contributed by atoms with E-state index >= 15 is 0 Å². The minimum atomic E-state index is -1.41. The molecule has 13 nitrogen and oxygen atoms in total. The fraction of sp³-hybridized carbons (Fsp3) is 0.706. The molecular weight excluding hydrogens is 400 g/mol. The lowest BCUT2D eigenvalue weighted by Crippen LogP contribution is -2.58. The number of aliphatic hydroxyl groups excluding tert-OH is 1. The summed E-state index contributed by atoms with van der Waals surface area (Å²) in [5, 5.41) is 25.9. The lowest BCUT2D eigenvalue weighted by Gasteiger charge is -2.25. The molecule has 0 saturated carbocycles. The Balaban J connectivity index is 5.32. The number of hydrogen-bond acceptors (Lipinski definition) is 8. The van der Waals surface area contributed by atoms with Crippen molar-refractivity contribution in [2.45, 2.75) is 63.3 Å². The molecular formula is C17H32N6O7. The first-order valence-corrected chi connectivity index (χ1v) is 9.52. The van der Waals surface area contributed by atoms with Gasteiger partial charge in [-0.25, -0.2) is 4.79 Å². The largest absolute Gasteiger partial charge is 0.480 e. The van der Waals surface area contributed by atoms with E-state index in [9.17, 15) is 34.2 Å². The van der Waals surface area contributed by atoms with Gasteiger partial charge in [0.1, 0.15) is 18.1 Å². The summed E-state index contributed by atoms with van der Waals surface area (Å²) in [7, 11) is 0. The SMILES string of the molecule is CC(O)C(NC(=O)CN)C(=O)NC(CCC(N)=O)C(=O)NC(CCCCN)C(=O)O. The van der Waals surface area contributed by atoms with E-state index in [0.717, 1.165) is 0 Å². The molecule has 0 rings (SSSR count). The molecule has 0 aliphatic rings. The number of carboxylic acid groups (broad SMARTS) is 1. The van der Waals surface area contributed by atoms with Gasteiger partial charge in [-0.3, -0.25) is 19.2 Å². The van der Waals surface area contributed by atoms with Gasteiger partial charge in [-0.05, 0) is 39.2 Å². The van der Waals surface area contributed by atoms with Gasteiger partial charge in [0.25, 0.3) is 0 Å². The van der Waals surface area contributed by atoms with Crippen LogP contribution >= 0.6 is 0 Å². The number of nitrogens with two attached hydrogens (primary N) is 3. The Morgan fingerprint density at radius 1 is 0.900 bits per heavy atom. The van der Waals surface area contributed by atoms with Crippen LogP contribution in [0.1, 0.15) is 39.0 Å². The summed E-state index contributed by atoms with van der Waals surface area (Å²) in [6, 6.07) is -3.95. The molecule has 4 atom stereocenters. The minimum Gasteiger partial charge on any atom is -0.480 e. The highest BCUT2D eigenvalue weighted by atomic mass is 16.4. The smallest absolute Gasteiger partial charge is 0.326 e. The summed E-state index contributed by atoms with van der Waals surface area (Å²) in [5.74, 6) is -4.47. The molecule has 4 unspecified atom stereocenters. The van der Waals surface area contributed by atoms with Crippen molar-refractivity contribution in [1.29, 1.82) is 0 Å². The Bertz CT molecular complexity index is 613. The van der Waals surface area contributed by atoms with Crippen molar-refractivity contribution in [3.8, 4) is 0 Å². The number of nitrogens with one attached hydrogen (secondary N) is 3. The molecule has 0 aromatic carbocycles. The standard InChI is InChI=1S/C17H32N6O7/c1-9(24)14(23-13(26)8-19)16(28)21-10(5-6-12(20)25)15(27)22-11(17(29)30)4-2-3-7-18/h9-11,14,24H,2-8,18-19H2,1H3,(H2,20,25)(H,21,28)(H,22,27)(H,23,26)(H,29,30). The van der Waals surface area contributed by atoms with Gasteiger partial charge in [-0.15, -0.1) is 0 Å². The summed E-state index contributed by atoms with van der Waals surface area (Å²) in [4.78, 5) is 59.0. The average molecular weight is 432 g/mol. The number of carboxylic acids is 1. The summed E-state index contributed by atoms with van der Waals surface area (Å²) in [6.07, 6.45) is -0.641. The van der Waals surface area contributed by atoms with Crippen LogP contribution in [-0.4, -0.2) is 77.1 Å². The van der Waals surface area contributed by atoms with Gasteiger partial charge in [0.05, 0.1) is 12.6 Å². The second-order valence-corrected chi connectivity index (χ2v) is 6.74. The number of unbranched alkanes of at least 4 members (excludes halogenated alkanes) is 1. The third kappa shape index (κ3) is 10.7. The molecule has 0 aromatic rings. The molecule has 172 valence electrons. The number of hydrogen-bond donors (Lipinski definition) is 8. The summed E-state index contributed by atoms with van der Waals surface area (Å²) < 4.78 is 0. The van der Waals surface area contributed by atoms with Gasteiger partial charge in [0, 0.05) is 6.42 Å². The van der Waals surface area contributed by atoms with E-state index in [-0.39, 0.29) is 19.3 Å². The van der Waals surface area contributed by atoms with Gasteiger partial charge in [-0.2, -0.15) is 0 Å². The van der Waals surface area contributed by atoms with Gasteiger partial charge in [0.2, 0.25) is 23.6 Å². The van der Waals surface area contributed by atoms with E-state index in [1.165, 1.54) is 6.92 Å². The van der Waals surface area contributed by atoms with Crippen molar-refractivity contribution in [1.82, 2.24) is 16.0 Å². The van der Waals surface area contributed by atoms with E-state index < -0.39 is 60.4 Å². The zero-order valence-corrected chi connectivity index (χ0v) is 16.9. The van der Waals surface area contributed by atoms with E-state index in [1.807, 2.05) is 0 Å². The van der Waals surface area contributed by atoms with Crippen molar-refractivity contribution in [2.75, 3.05) is 13.1 Å². The fourth-order valence-corrected chi connectivity index (χ4v) is 2.48. The molecule has 0 fully saturated rings. The maximum atomic E-state index is 12.6. The van der Waals surface area contributed by atoms with Crippen LogP contribution in [0.2, 0.25) is 0 Å². The summed E-state index contributed by atoms with van der Waals surface area (Å²) in [5.41, 5.74) is 15.6. The predicted molar refractivity (Wildman–Crippen MR) is 105 cm³/mol. The molecule has 4 amide bonds. The van der Waals surface area contributed by atoms with Crippen LogP contribution in [0.15, 0.2) is 0 Å². The van der Waals surface area contributed by atoms with Crippen molar-refractivity contribution < 1.29 is 34.2 Å². The van der Waals surface area contributed by atoms with Crippen LogP contribution in [0.3, 0.4) is 0 Å². The highest BCUT2D eigenvalue weighted by molar-refractivity contribution is 5.94. The van der Waals surface area contributed by atoms with Crippen LogP contribution in [0, 0.1) is 0 Å². The Morgan fingerprint density at radius 3 is 1.97 bits per heavy atom. The molecule has 0 aliphatic heterocycles. The Hall–Kier alpha value is -2.77. The van der Waals surface area contributed by atoms with Crippen molar-refractivity contribution in [2.24, 2.45) is 17.2 Å². The lowest BCUT2D eigenvalue weighted by molar-refractivity contribution is -0.142. The Morgan fingerprint density at radius 2 is 1.50 bits per heavy atom. The van der Waals surface area contributed by atoms with Crippen LogP contribution in [0.5, 0.6) is 0 Å². The first-order valence-electron chi connectivity index (χ1n) is 9.52. The minimum absolute atomic E-state index is 0.123. The zero-order valence-electron chi connectivity index (χ0n) is 16.9. The average Bonchev–Trinajstić information content (AvgIpc) is 2.67. The molecule has 0 saturated heterocycles. The summed E-state index contributed by atoms with van der Waals surface area (Å²) in [6.45, 7) is 1.19. The lowest BCUT2D eigenvalue weighted by atomic mass is 10.1. The molecule has 0 heterocycles. The maximum absolute atomic E-state index is 12.6. The van der Waals surface area contributed by atoms with Gasteiger partial charge < -0.3 is 43.4 Å². The number of aliphatic carboxylic acids is 1. The second kappa shape index (κ2) is 14.3. The highest BCUT2D eigenvalue weighted by Crippen LogP contribution is 2.05. The zero-order chi connectivity index (χ0) is 23.3. The van der Waals surface area contributed by atoms with Crippen molar-refractivity contribution in [3.05, 3.63) is 0 Å². The molecule has 11 N–H and O–H groups in total. The van der Waals surface area contributed by atoms with E-state index in [4.69, 9.17) is 17.2 Å². The number of carbonyl (C=O) groups excluding carboxylic acids is 4. The van der Waals surface area contributed by atoms with Crippen LogP contribution in [-0.2, 0) is 24.0 Å². The number of carbonyl (C=O) groups is 5. The molecule has 0 aliphatic carbocycles. The number of rotatable bonds is 15. The maximum Gasteiger partial charge on any atom is 0.326 e. The first kappa shape index (κ1) is 27.2. The number of aliphatic hydroxyl groups is 1. The van der Waals surface area contributed by atoms with Crippen LogP contribution < -0.4 is 33.2 Å². The third-order valence-electron chi connectivity index (χ3n) is 4.14. The van der Waals surface area contributed by atoms with Gasteiger partial charge in [-0.1, -0.05) is 0 Å². The van der Waals surface area contributed by atoms with E-state index in [0.29, 0.717) is 19.4 Å². The molecule has 0 aromatic heterocycles. The third-order valence-corrected chi connectivity index (χ3v) is 4.14. The fourth-order valence-electron chi connectivity index (χ4n) is 2.48. The van der Waals surface area contributed by atoms with Crippen LogP contribution in [0.25, 0.3) is 0 Å². The highest BCUT2D eigenvalue weighted by Gasteiger charge is 2.31. The summed E-state index contributed by atoms with van der Waals surface area (Å²) >= 11 is 0. The molecule has 13 heteroatoms. The molecule has 30 heavy (non-hydrogen) atoms. The number of primary amides is 1. The van der Waals surface area contributed by atoms with E-state index in [1.54, 1.807) is 0 Å². The van der Waals surface area contributed by atoms with Crippen molar-refractivity contribution >= 4 is 29.6 Å². The second-order valence-electron chi connectivity index (χ2n) is 6.74. The molecule has 0 bridgehead atoms. The van der Waals surface area contributed by atoms with Gasteiger partial charge in [0.15, 0.2) is 0 Å². The molecule has 0 spiro atoms. The predicted octanol–water partition coefficient (Wildman–Crippen LogP) is -3.74. The van der Waals surface area contributed by atoms with Crippen LogP contribution in [0.4, 0.5) is 0 Å². The Kier molecular flexibility index (Phi) is 12.9. The van der Waals surface area contributed by atoms with Gasteiger partial charge >= 0.3 is 5.97 Å². The quantitative estimate of drug-likeness (QED) is 0.118. The number of amides is 4. The van der Waals surface area contributed by atoms with Crippen molar-refractivity contribution in [3.63, 3.8) is 0 Å². The monoisotopic (exact) mass is 432 g/mol. The Labute approximate surface area is 174 Å². The first-order chi connectivity index (χ1) is 14.0. The van der Waals surface area contributed by atoms with E-state index in [2.05, 4.69) is 16.0 Å². The topological polar surface area (TPSA) is 240 Å².